The van der Waals surface area contributed by atoms with Gasteiger partial charge in [-0.25, -0.2) is 0 Å². The van der Waals surface area contributed by atoms with Crippen LogP contribution in [0.2, 0.25) is 5.02 Å². The van der Waals surface area contributed by atoms with Crippen molar-refractivity contribution in [3.8, 4) is 0 Å². The second kappa shape index (κ2) is 8.01. The minimum atomic E-state index is 0.450. The minimum Gasteiger partial charge on any atom is -0.308 e. The highest BCUT2D eigenvalue weighted by Crippen LogP contribution is 2.21. The quantitative estimate of drug-likeness (QED) is 0.801. The van der Waals surface area contributed by atoms with Crippen LogP contribution in [-0.4, -0.2) is 41.4 Å². The molecule has 20 heavy (non-hydrogen) atoms. The van der Waals surface area contributed by atoms with Crippen LogP contribution in [0.15, 0.2) is 0 Å². The highest BCUT2D eigenvalue weighted by atomic mass is 35.5. The van der Waals surface area contributed by atoms with E-state index in [0.717, 1.165) is 42.5 Å². The summed E-state index contributed by atoms with van der Waals surface area (Å²) in [7, 11) is 4.21. The molecule has 0 aromatic carbocycles. The molecule has 1 rings (SSSR count). The molecular formula is C15H29ClN4. The number of hydrogen-bond acceptors (Lipinski definition) is 3. The van der Waals surface area contributed by atoms with Gasteiger partial charge in [0.25, 0.3) is 0 Å². The Kier molecular flexibility index (Phi) is 7.00. The van der Waals surface area contributed by atoms with Crippen LogP contribution in [0, 0.1) is 5.92 Å². The monoisotopic (exact) mass is 300 g/mol. The molecule has 0 saturated carbocycles. The molecule has 1 unspecified atom stereocenters. The molecule has 0 radical (unpaired) electrons. The maximum absolute atomic E-state index is 6.44. The van der Waals surface area contributed by atoms with E-state index in [1.165, 1.54) is 0 Å². The predicted octanol–water partition coefficient (Wildman–Crippen LogP) is 2.79. The highest BCUT2D eigenvalue weighted by molar-refractivity contribution is 6.31. The summed E-state index contributed by atoms with van der Waals surface area (Å²) in [5.41, 5.74) is 2.11. The van der Waals surface area contributed by atoms with E-state index in [2.05, 4.69) is 57.1 Å². The van der Waals surface area contributed by atoms with Crippen molar-refractivity contribution in [1.82, 2.24) is 20.0 Å². The third-order valence-corrected chi connectivity index (χ3v) is 4.03. The molecule has 116 valence electrons. The van der Waals surface area contributed by atoms with Gasteiger partial charge in [-0.2, -0.15) is 5.10 Å². The number of likely N-dealkylation sites (N-methyl/N-ethyl adjacent to an activating group) is 1. The van der Waals surface area contributed by atoms with Crippen LogP contribution in [0.1, 0.15) is 39.1 Å². The van der Waals surface area contributed by atoms with Crippen molar-refractivity contribution in [2.45, 2.75) is 53.2 Å². The van der Waals surface area contributed by atoms with Gasteiger partial charge in [0, 0.05) is 25.7 Å². The van der Waals surface area contributed by atoms with Gasteiger partial charge in [0.05, 0.1) is 16.4 Å². The Bertz CT molecular complexity index is 412. The minimum absolute atomic E-state index is 0.450. The standard InChI is InChI=1S/C15H29ClN4/c1-7-12-15(16)14(20(8-2)18-12)9-17-13(11(3)4)10-19(5)6/h11,13,17H,7-10H2,1-6H3. The van der Waals surface area contributed by atoms with Crippen molar-refractivity contribution < 1.29 is 0 Å². The lowest BCUT2D eigenvalue weighted by Crippen LogP contribution is -2.41. The van der Waals surface area contributed by atoms with E-state index >= 15 is 0 Å². The van der Waals surface area contributed by atoms with Crippen molar-refractivity contribution in [3.05, 3.63) is 16.4 Å². The number of halogens is 1. The van der Waals surface area contributed by atoms with E-state index in [0.29, 0.717) is 12.0 Å². The van der Waals surface area contributed by atoms with E-state index in [1.54, 1.807) is 0 Å². The highest BCUT2D eigenvalue weighted by Gasteiger charge is 2.18. The number of rotatable bonds is 8. The van der Waals surface area contributed by atoms with Crippen LogP contribution in [0.25, 0.3) is 0 Å². The molecule has 1 aromatic rings. The predicted molar refractivity (Wildman–Crippen MR) is 86.3 cm³/mol. The molecule has 1 heterocycles. The molecule has 0 bridgehead atoms. The summed E-state index contributed by atoms with van der Waals surface area (Å²) < 4.78 is 2.02. The molecule has 5 heteroatoms. The Hall–Kier alpha value is -0.580. The lowest BCUT2D eigenvalue weighted by molar-refractivity contribution is 0.286. The Labute approximate surface area is 128 Å². The Balaban J connectivity index is 2.79. The first-order valence-corrected chi connectivity index (χ1v) is 7.90. The molecular weight excluding hydrogens is 272 g/mol. The van der Waals surface area contributed by atoms with Crippen LogP contribution in [0.5, 0.6) is 0 Å². The summed E-state index contributed by atoms with van der Waals surface area (Å²) >= 11 is 6.44. The summed E-state index contributed by atoms with van der Waals surface area (Å²) in [6, 6.07) is 0.450. The van der Waals surface area contributed by atoms with Crippen LogP contribution in [0.3, 0.4) is 0 Å². The second-order valence-corrected chi connectivity index (χ2v) is 6.25. The van der Waals surface area contributed by atoms with Crippen molar-refractivity contribution >= 4 is 11.6 Å². The van der Waals surface area contributed by atoms with Crippen molar-refractivity contribution in [2.24, 2.45) is 5.92 Å². The molecule has 4 nitrogen and oxygen atoms in total. The number of nitrogens with zero attached hydrogens (tertiary/aromatic N) is 3. The van der Waals surface area contributed by atoms with Gasteiger partial charge >= 0.3 is 0 Å². The first-order chi connectivity index (χ1) is 9.40. The third kappa shape index (κ3) is 4.47. The molecule has 1 aromatic heterocycles. The van der Waals surface area contributed by atoms with Crippen LogP contribution in [-0.2, 0) is 19.5 Å². The lowest BCUT2D eigenvalue weighted by Gasteiger charge is -2.26. The zero-order valence-electron chi connectivity index (χ0n) is 13.7. The molecule has 1 N–H and O–H groups in total. The molecule has 0 aliphatic heterocycles. The maximum Gasteiger partial charge on any atom is 0.0863 e. The molecule has 0 amide bonds. The number of aryl methyl sites for hydroxylation is 2. The van der Waals surface area contributed by atoms with Crippen molar-refractivity contribution in [1.29, 1.82) is 0 Å². The molecule has 1 atom stereocenters. The van der Waals surface area contributed by atoms with Crippen LogP contribution >= 0.6 is 11.6 Å². The van der Waals surface area contributed by atoms with Gasteiger partial charge < -0.3 is 10.2 Å². The molecule has 0 fully saturated rings. The SMILES string of the molecule is CCc1nn(CC)c(CNC(CN(C)C)C(C)C)c1Cl. The summed E-state index contributed by atoms with van der Waals surface area (Å²) in [6.07, 6.45) is 0.879. The summed E-state index contributed by atoms with van der Waals surface area (Å²) in [5, 5.41) is 9.03. The topological polar surface area (TPSA) is 33.1 Å². The second-order valence-electron chi connectivity index (χ2n) is 5.87. The number of nitrogens with one attached hydrogen (secondary N) is 1. The molecule has 0 spiro atoms. The fourth-order valence-corrected chi connectivity index (χ4v) is 2.65. The van der Waals surface area contributed by atoms with Gasteiger partial charge in [-0.05, 0) is 33.4 Å². The van der Waals surface area contributed by atoms with Gasteiger partial charge in [0.2, 0.25) is 0 Å². The largest absolute Gasteiger partial charge is 0.308 e. The van der Waals surface area contributed by atoms with Gasteiger partial charge in [-0.1, -0.05) is 32.4 Å². The smallest absolute Gasteiger partial charge is 0.0863 e. The van der Waals surface area contributed by atoms with E-state index in [1.807, 2.05) is 4.68 Å². The molecule has 0 saturated heterocycles. The Morgan fingerprint density at radius 3 is 2.40 bits per heavy atom. The van der Waals surface area contributed by atoms with E-state index in [9.17, 15) is 0 Å². The zero-order chi connectivity index (χ0) is 15.3. The van der Waals surface area contributed by atoms with Crippen LogP contribution in [0.4, 0.5) is 0 Å². The third-order valence-electron chi connectivity index (χ3n) is 3.59. The van der Waals surface area contributed by atoms with E-state index in [4.69, 9.17) is 11.6 Å². The van der Waals surface area contributed by atoms with Gasteiger partial charge in [0.1, 0.15) is 0 Å². The Morgan fingerprint density at radius 1 is 1.30 bits per heavy atom. The van der Waals surface area contributed by atoms with E-state index < -0.39 is 0 Å². The average molecular weight is 301 g/mol. The zero-order valence-corrected chi connectivity index (χ0v) is 14.5. The average Bonchev–Trinajstić information content (AvgIpc) is 2.69. The van der Waals surface area contributed by atoms with Crippen molar-refractivity contribution in [2.75, 3.05) is 20.6 Å². The molecule has 0 aliphatic rings. The van der Waals surface area contributed by atoms with Crippen molar-refractivity contribution in [3.63, 3.8) is 0 Å². The fraction of sp³-hybridized carbons (Fsp3) is 0.800. The van der Waals surface area contributed by atoms with Gasteiger partial charge in [-0.15, -0.1) is 0 Å². The number of hydrogen-bond donors (Lipinski definition) is 1. The van der Waals surface area contributed by atoms with Gasteiger partial charge in [-0.3, -0.25) is 4.68 Å². The van der Waals surface area contributed by atoms with Gasteiger partial charge in [0.15, 0.2) is 0 Å². The van der Waals surface area contributed by atoms with E-state index in [-0.39, 0.29) is 0 Å². The number of aromatic nitrogens is 2. The summed E-state index contributed by atoms with van der Waals surface area (Å²) in [5.74, 6) is 0.583. The summed E-state index contributed by atoms with van der Waals surface area (Å²) in [4.78, 5) is 2.22. The maximum atomic E-state index is 6.44. The Morgan fingerprint density at radius 2 is 1.95 bits per heavy atom. The summed E-state index contributed by atoms with van der Waals surface area (Å²) in [6.45, 7) is 11.3. The normalized spacial score (nSPS) is 13.4. The first kappa shape index (κ1) is 17.5. The molecule has 0 aliphatic carbocycles. The lowest BCUT2D eigenvalue weighted by atomic mass is 10.0. The first-order valence-electron chi connectivity index (χ1n) is 7.52. The van der Waals surface area contributed by atoms with Crippen LogP contribution < -0.4 is 5.32 Å². The fourth-order valence-electron chi connectivity index (χ4n) is 2.32.